The third kappa shape index (κ3) is 3.19. The molecule has 0 saturated carbocycles. The molecule has 1 unspecified atom stereocenters. The summed E-state index contributed by atoms with van der Waals surface area (Å²) in [5.41, 5.74) is 3.24. The lowest BCUT2D eigenvalue weighted by Crippen LogP contribution is -2.27. The third-order valence-corrected chi connectivity index (χ3v) is 4.87. The number of nitrogens with one attached hydrogen (secondary N) is 1. The molecule has 1 aromatic carbocycles. The van der Waals surface area contributed by atoms with E-state index in [4.69, 9.17) is 4.74 Å². The molecule has 0 saturated heterocycles. The van der Waals surface area contributed by atoms with Crippen LogP contribution in [0.4, 0.5) is 0 Å². The van der Waals surface area contributed by atoms with Crippen LogP contribution in [0.15, 0.2) is 55.0 Å². The van der Waals surface area contributed by atoms with Gasteiger partial charge in [0.25, 0.3) is 0 Å². The van der Waals surface area contributed by atoms with Crippen LogP contribution in [0.1, 0.15) is 24.0 Å². The van der Waals surface area contributed by atoms with Gasteiger partial charge in [0.05, 0.1) is 23.8 Å². The SMILES string of the molecule is COc1ccnc(CC(C)(O)c2nc3cc(-n4cccc4)ccc3[nH]2)c1C. The average molecular weight is 362 g/mol. The average Bonchev–Trinajstić information content (AvgIpc) is 3.32. The van der Waals surface area contributed by atoms with Gasteiger partial charge in [-0.1, -0.05) is 0 Å². The van der Waals surface area contributed by atoms with Gasteiger partial charge in [-0.05, 0) is 50.2 Å². The molecule has 27 heavy (non-hydrogen) atoms. The van der Waals surface area contributed by atoms with Gasteiger partial charge in [0, 0.05) is 36.3 Å². The minimum absolute atomic E-state index is 0.334. The molecule has 0 fully saturated rings. The molecule has 138 valence electrons. The Morgan fingerprint density at radius 1 is 1.22 bits per heavy atom. The van der Waals surface area contributed by atoms with Gasteiger partial charge in [-0.3, -0.25) is 4.98 Å². The molecule has 0 bridgehead atoms. The standard InChI is InChI=1S/C21H22N4O2/c1-14-18(22-9-8-19(14)27-3)13-21(2,26)20-23-16-7-6-15(12-17(16)24-20)25-10-4-5-11-25/h4-12,26H,13H2,1-3H3,(H,23,24). The molecule has 0 spiro atoms. The van der Waals surface area contributed by atoms with Crippen molar-refractivity contribution in [1.29, 1.82) is 0 Å². The van der Waals surface area contributed by atoms with Gasteiger partial charge in [0.1, 0.15) is 17.2 Å². The Morgan fingerprint density at radius 2 is 2.00 bits per heavy atom. The maximum absolute atomic E-state index is 11.1. The fourth-order valence-electron chi connectivity index (χ4n) is 3.28. The number of nitrogens with zero attached hydrogens (tertiary/aromatic N) is 3. The number of pyridine rings is 1. The van der Waals surface area contributed by atoms with Crippen molar-refractivity contribution in [3.63, 3.8) is 0 Å². The van der Waals surface area contributed by atoms with Crippen molar-refractivity contribution >= 4 is 11.0 Å². The zero-order chi connectivity index (χ0) is 19.0. The number of imidazole rings is 1. The van der Waals surface area contributed by atoms with Crippen LogP contribution in [0.2, 0.25) is 0 Å². The van der Waals surface area contributed by atoms with Crippen molar-refractivity contribution < 1.29 is 9.84 Å². The second-order valence-electron chi connectivity index (χ2n) is 6.91. The highest BCUT2D eigenvalue weighted by molar-refractivity contribution is 5.77. The van der Waals surface area contributed by atoms with E-state index >= 15 is 0 Å². The number of methoxy groups -OCH3 is 1. The summed E-state index contributed by atoms with van der Waals surface area (Å²) >= 11 is 0. The second kappa shape index (κ2) is 6.55. The minimum Gasteiger partial charge on any atom is -0.496 e. The van der Waals surface area contributed by atoms with Gasteiger partial charge in [-0.15, -0.1) is 0 Å². The highest BCUT2D eigenvalue weighted by Gasteiger charge is 2.29. The van der Waals surface area contributed by atoms with E-state index in [0.717, 1.165) is 33.7 Å². The molecule has 0 aliphatic carbocycles. The summed E-state index contributed by atoms with van der Waals surface area (Å²) < 4.78 is 7.38. The summed E-state index contributed by atoms with van der Waals surface area (Å²) in [5.74, 6) is 1.28. The Morgan fingerprint density at radius 3 is 2.74 bits per heavy atom. The van der Waals surface area contributed by atoms with E-state index < -0.39 is 5.60 Å². The quantitative estimate of drug-likeness (QED) is 0.570. The van der Waals surface area contributed by atoms with Crippen molar-refractivity contribution in [2.24, 2.45) is 0 Å². The topological polar surface area (TPSA) is 76.0 Å². The Balaban J connectivity index is 1.68. The third-order valence-electron chi connectivity index (χ3n) is 4.87. The summed E-state index contributed by atoms with van der Waals surface area (Å²) in [7, 11) is 1.63. The van der Waals surface area contributed by atoms with Crippen LogP contribution in [0.3, 0.4) is 0 Å². The lowest BCUT2D eigenvalue weighted by atomic mass is 9.96. The molecule has 2 N–H and O–H groups in total. The Kier molecular flexibility index (Phi) is 4.20. The Hall–Kier alpha value is -3.12. The number of H-pyrrole nitrogens is 1. The minimum atomic E-state index is -1.18. The van der Waals surface area contributed by atoms with E-state index in [9.17, 15) is 5.11 Å². The van der Waals surface area contributed by atoms with Crippen molar-refractivity contribution in [3.05, 3.63) is 72.1 Å². The number of rotatable bonds is 5. The van der Waals surface area contributed by atoms with E-state index in [1.54, 1.807) is 20.2 Å². The van der Waals surface area contributed by atoms with Crippen molar-refractivity contribution in [2.75, 3.05) is 7.11 Å². The number of ether oxygens (including phenoxy) is 1. The van der Waals surface area contributed by atoms with Crippen molar-refractivity contribution in [2.45, 2.75) is 25.9 Å². The molecule has 3 heterocycles. The normalized spacial score (nSPS) is 13.6. The van der Waals surface area contributed by atoms with E-state index in [1.165, 1.54) is 0 Å². The van der Waals surface area contributed by atoms with E-state index in [0.29, 0.717) is 12.2 Å². The van der Waals surface area contributed by atoms with Crippen LogP contribution in [0, 0.1) is 6.92 Å². The summed E-state index contributed by atoms with van der Waals surface area (Å²) in [4.78, 5) is 12.3. The van der Waals surface area contributed by atoms with E-state index in [-0.39, 0.29) is 0 Å². The van der Waals surface area contributed by atoms with Gasteiger partial charge in [-0.25, -0.2) is 4.98 Å². The van der Waals surface area contributed by atoms with Gasteiger partial charge in [0.15, 0.2) is 0 Å². The predicted octanol–water partition coefficient (Wildman–Crippen LogP) is 3.52. The number of hydrogen-bond donors (Lipinski definition) is 2. The first-order chi connectivity index (χ1) is 13.0. The number of aliphatic hydroxyl groups is 1. The van der Waals surface area contributed by atoms with E-state index in [2.05, 4.69) is 15.0 Å². The smallest absolute Gasteiger partial charge is 0.139 e. The fraction of sp³-hybridized carbons (Fsp3) is 0.238. The summed E-state index contributed by atoms with van der Waals surface area (Å²) in [6, 6.07) is 11.8. The predicted molar refractivity (Wildman–Crippen MR) is 104 cm³/mol. The summed E-state index contributed by atoms with van der Waals surface area (Å²) in [6.07, 6.45) is 6.00. The van der Waals surface area contributed by atoms with Crippen LogP contribution in [-0.2, 0) is 12.0 Å². The number of aromatic nitrogens is 4. The van der Waals surface area contributed by atoms with Gasteiger partial charge in [-0.2, -0.15) is 0 Å². The number of benzene rings is 1. The first-order valence-corrected chi connectivity index (χ1v) is 8.82. The second-order valence-corrected chi connectivity index (χ2v) is 6.91. The Labute approximate surface area is 157 Å². The molecular weight excluding hydrogens is 340 g/mol. The lowest BCUT2D eigenvalue weighted by molar-refractivity contribution is 0.0480. The van der Waals surface area contributed by atoms with Gasteiger partial charge < -0.3 is 19.4 Å². The number of hydrogen-bond acceptors (Lipinski definition) is 4. The molecule has 6 heteroatoms. The molecule has 1 atom stereocenters. The molecule has 6 nitrogen and oxygen atoms in total. The molecule has 3 aromatic heterocycles. The largest absolute Gasteiger partial charge is 0.496 e. The highest BCUT2D eigenvalue weighted by atomic mass is 16.5. The summed E-state index contributed by atoms with van der Waals surface area (Å²) in [6.45, 7) is 3.69. The molecule has 0 radical (unpaired) electrons. The van der Waals surface area contributed by atoms with Crippen LogP contribution in [0.25, 0.3) is 16.7 Å². The Bertz CT molecular complexity index is 1080. The van der Waals surface area contributed by atoms with Crippen LogP contribution < -0.4 is 4.74 Å². The lowest BCUT2D eigenvalue weighted by Gasteiger charge is -2.21. The molecule has 0 aliphatic rings. The molecular formula is C21H22N4O2. The number of aromatic amines is 1. The molecule has 0 amide bonds. The van der Waals surface area contributed by atoms with Gasteiger partial charge >= 0.3 is 0 Å². The van der Waals surface area contributed by atoms with Crippen LogP contribution >= 0.6 is 0 Å². The van der Waals surface area contributed by atoms with Crippen LogP contribution in [-0.4, -0.2) is 31.7 Å². The zero-order valence-corrected chi connectivity index (χ0v) is 15.6. The van der Waals surface area contributed by atoms with E-state index in [1.807, 2.05) is 60.3 Å². The first kappa shape index (κ1) is 17.3. The highest BCUT2D eigenvalue weighted by Crippen LogP contribution is 2.29. The molecule has 4 rings (SSSR count). The van der Waals surface area contributed by atoms with Crippen molar-refractivity contribution in [1.82, 2.24) is 19.5 Å². The number of fused-ring (bicyclic) bond motifs is 1. The maximum atomic E-state index is 11.1. The van der Waals surface area contributed by atoms with Crippen LogP contribution in [0.5, 0.6) is 5.75 Å². The zero-order valence-electron chi connectivity index (χ0n) is 15.6. The fourth-order valence-corrected chi connectivity index (χ4v) is 3.28. The first-order valence-electron chi connectivity index (χ1n) is 8.82. The van der Waals surface area contributed by atoms with Gasteiger partial charge in [0.2, 0.25) is 0 Å². The monoisotopic (exact) mass is 362 g/mol. The summed E-state index contributed by atoms with van der Waals surface area (Å²) in [5, 5.41) is 11.1. The van der Waals surface area contributed by atoms with Crippen molar-refractivity contribution in [3.8, 4) is 11.4 Å². The maximum Gasteiger partial charge on any atom is 0.139 e. The molecule has 4 aromatic rings. The molecule has 0 aliphatic heterocycles.